The van der Waals surface area contributed by atoms with Crippen molar-refractivity contribution in [3.05, 3.63) is 34.4 Å². The molecule has 0 aliphatic heterocycles. The molecular weight excluding hydrogens is 400 g/mol. The van der Waals surface area contributed by atoms with E-state index in [0.29, 0.717) is 31.6 Å². The van der Waals surface area contributed by atoms with Gasteiger partial charge in [-0.1, -0.05) is 6.07 Å². The number of aliphatic hydroxyl groups is 2. The van der Waals surface area contributed by atoms with Crippen LogP contribution in [-0.2, 0) is 31.8 Å². The molecule has 0 atom stereocenters. The second-order valence-electron chi connectivity index (χ2n) is 6.26. The fraction of sp³-hybridized carbons (Fsp3) is 0.600. The molecule has 0 aromatic heterocycles. The zero-order valence-electron chi connectivity index (χ0n) is 16.9. The van der Waals surface area contributed by atoms with Gasteiger partial charge in [0, 0.05) is 13.2 Å². The summed E-state index contributed by atoms with van der Waals surface area (Å²) in [5.41, 5.74) is 0.484. The molecule has 4 N–H and O–H groups in total. The number of carboxylic acids is 2. The zero-order chi connectivity index (χ0) is 22.2. The van der Waals surface area contributed by atoms with E-state index in [1.165, 1.54) is 12.1 Å². The molecule has 0 bridgehead atoms. The smallest absolute Gasteiger partial charge is 0.336 e. The number of ether oxygens (including phenoxy) is 4. The van der Waals surface area contributed by atoms with Gasteiger partial charge in [0.15, 0.2) is 0 Å². The van der Waals surface area contributed by atoms with Crippen molar-refractivity contribution in [2.24, 2.45) is 0 Å². The highest BCUT2D eigenvalue weighted by molar-refractivity contribution is 5.97. The fourth-order valence-corrected chi connectivity index (χ4v) is 2.67. The lowest BCUT2D eigenvalue weighted by Gasteiger charge is -2.15. The summed E-state index contributed by atoms with van der Waals surface area (Å²) in [5.74, 6) is -2.44. The number of carbonyl (C=O) groups is 2. The number of hydrogen-bond acceptors (Lipinski definition) is 8. The van der Waals surface area contributed by atoms with Crippen molar-refractivity contribution >= 4 is 11.9 Å². The molecule has 1 rings (SSSR count). The molecule has 0 heterocycles. The molecular formula is C20H30O10. The maximum absolute atomic E-state index is 11.9. The second-order valence-corrected chi connectivity index (χ2v) is 6.26. The van der Waals surface area contributed by atoms with Gasteiger partial charge in [-0.15, -0.1) is 0 Å². The molecule has 1 aromatic rings. The van der Waals surface area contributed by atoms with Gasteiger partial charge in [-0.25, -0.2) is 9.59 Å². The van der Waals surface area contributed by atoms with Gasteiger partial charge < -0.3 is 39.4 Å². The molecule has 0 aliphatic rings. The van der Waals surface area contributed by atoms with Crippen molar-refractivity contribution in [1.82, 2.24) is 0 Å². The average Bonchev–Trinajstić information content (AvgIpc) is 2.71. The predicted molar refractivity (Wildman–Crippen MR) is 105 cm³/mol. The molecule has 0 radical (unpaired) electrons. The van der Waals surface area contributed by atoms with Crippen LogP contribution in [0.2, 0.25) is 0 Å². The van der Waals surface area contributed by atoms with E-state index in [9.17, 15) is 19.8 Å². The van der Waals surface area contributed by atoms with Crippen molar-refractivity contribution in [1.29, 1.82) is 0 Å². The zero-order valence-corrected chi connectivity index (χ0v) is 16.9. The molecule has 30 heavy (non-hydrogen) atoms. The van der Waals surface area contributed by atoms with Gasteiger partial charge in [0.2, 0.25) is 0 Å². The first kappa shape index (κ1) is 26.0. The van der Waals surface area contributed by atoms with Gasteiger partial charge >= 0.3 is 11.9 Å². The van der Waals surface area contributed by atoms with Crippen LogP contribution in [0.3, 0.4) is 0 Å². The minimum Gasteiger partial charge on any atom is -0.478 e. The minimum absolute atomic E-state index is 0.00916. The SMILES string of the molecule is O=C(O)c1ccc(CCOCOCCCO)c(C(=O)O)c1CCOCOCCCO. The van der Waals surface area contributed by atoms with Gasteiger partial charge in [0.25, 0.3) is 0 Å². The largest absolute Gasteiger partial charge is 0.478 e. The monoisotopic (exact) mass is 430 g/mol. The van der Waals surface area contributed by atoms with Gasteiger partial charge in [-0.05, 0) is 42.9 Å². The number of rotatable bonds is 18. The van der Waals surface area contributed by atoms with E-state index in [1.54, 1.807) is 0 Å². The van der Waals surface area contributed by atoms with Crippen molar-refractivity contribution in [2.75, 3.05) is 53.2 Å². The van der Waals surface area contributed by atoms with Crippen LogP contribution in [0.1, 0.15) is 44.7 Å². The minimum atomic E-state index is -1.22. The Labute approximate surface area is 174 Å². The first-order valence-corrected chi connectivity index (χ1v) is 9.67. The topological polar surface area (TPSA) is 152 Å². The average molecular weight is 430 g/mol. The quantitative estimate of drug-likeness (QED) is 0.195. The van der Waals surface area contributed by atoms with E-state index in [0.717, 1.165) is 0 Å². The lowest BCUT2D eigenvalue weighted by atomic mass is 9.92. The Morgan fingerprint density at radius 2 is 1.27 bits per heavy atom. The summed E-state index contributed by atoms with van der Waals surface area (Å²) in [4.78, 5) is 23.4. The lowest BCUT2D eigenvalue weighted by Crippen LogP contribution is -2.16. The van der Waals surface area contributed by atoms with Gasteiger partial charge in [0.05, 0.1) is 37.6 Å². The molecule has 0 unspecified atom stereocenters. The normalized spacial score (nSPS) is 11.0. The van der Waals surface area contributed by atoms with Crippen LogP contribution in [0.5, 0.6) is 0 Å². The third-order valence-corrected chi connectivity index (χ3v) is 4.08. The number of carboxylic acid groups (broad SMARTS) is 2. The number of aliphatic hydroxyl groups excluding tert-OH is 2. The van der Waals surface area contributed by atoms with Crippen molar-refractivity contribution in [2.45, 2.75) is 25.7 Å². The predicted octanol–water partition coefficient (Wildman–Crippen LogP) is 0.914. The van der Waals surface area contributed by atoms with E-state index in [2.05, 4.69) is 0 Å². The summed E-state index contributed by atoms with van der Waals surface area (Å²) in [6, 6.07) is 2.86. The van der Waals surface area contributed by atoms with Crippen molar-refractivity contribution < 1.29 is 49.0 Å². The lowest BCUT2D eigenvalue weighted by molar-refractivity contribution is -0.0554. The maximum atomic E-state index is 11.9. The van der Waals surface area contributed by atoms with E-state index in [1.807, 2.05) is 0 Å². The summed E-state index contributed by atoms with van der Waals surface area (Å²) in [6.07, 6.45) is 1.34. The molecule has 0 amide bonds. The van der Waals surface area contributed by atoms with Crippen LogP contribution in [-0.4, -0.2) is 85.6 Å². The molecule has 0 spiro atoms. The van der Waals surface area contributed by atoms with Crippen LogP contribution in [0.25, 0.3) is 0 Å². The molecule has 0 fully saturated rings. The van der Waals surface area contributed by atoms with Crippen LogP contribution < -0.4 is 0 Å². The standard InChI is InChI=1S/C20H30O10/c21-7-1-9-27-13-29-11-5-15-3-4-17(19(23)24)16(18(15)20(25)26)6-12-30-14-28-10-2-8-22/h3-4,21-22H,1-2,5-14H2,(H,23,24)(H,25,26). The second kappa shape index (κ2) is 15.7. The molecule has 1 aromatic carbocycles. The molecule has 170 valence electrons. The Balaban J connectivity index is 2.74. The van der Waals surface area contributed by atoms with E-state index in [4.69, 9.17) is 29.2 Å². The highest BCUT2D eigenvalue weighted by Gasteiger charge is 2.22. The highest BCUT2D eigenvalue weighted by atomic mass is 16.7. The molecule has 0 saturated heterocycles. The van der Waals surface area contributed by atoms with Gasteiger partial charge in [0.1, 0.15) is 13.6 Å². The first-order valence-electron chi connectivity index (χ1n) is 9.67. The number of aromatic carboxylic acids is 2. The Hall–Kier alpha value is -2.08. The third kappa shape index (κ3) is 9.61. The summed E-state index contributed by atoms with van der Waals surface area (Å²) in [6.45, 7) is 0.989. The summed E-state index contributed by atoms with van der Waals surface area (Å²) >= 11 is 0. The summed E-state index contributed by atoms with van der Waals surface area (Å²) in [7, 11) is 0. The molecule has 0 aliphatic carbocycles. The van der Waals surface area contributed by atoms with Crippen LogP contribution >= 0.6 is 0 Å². The Morgan fingerprint density at radius 1 is 0.733 bits per heavy atom. The first-order chi connectivity index (χ1) is 14.5. The van der Waals surface area contributed by atoms with Gasteiger partial charge in [-0.3, -0.25) is 0 Å². The van der Waals surface area contributed by atoms with Crippen LogP contribution in [0.15, 0.2) is 12.1 Å². The van der Waals surface area contributed by atoms with Crippen molar-refractivity contribution in [3.63, 3.8) is 0 Å². The Bertz CT molecular complexity index is 647. The van der Waals surface area contributed by atoms with E-state index < -0.39 is 11.9 Å². The molecule has 10 heteroatoms. The van der Waals surface area contributed by atoms with E-state index in [-0.39, 0.29) is 69.5 Å². The van der Waals surface area contributed by atoms with Crippen LogP contribution in [0.4, 0.5) is 0 Å². The Kier molecular flexibility index (Phi) is 13.6. The number of hydrogen-bond donors (Lipinski definition) is 4. The third-order valence-electron chi connectivity index (χ3n) is 4.08. The fourth-order valence-electron chi connectivity index (χ4n) is 2.67. The Morgan fingerprint density at radius 3 is 1.77 bits per heavy atom. The summed E-state index contributed by atoms with van der Waals surface area (Å²) in [5, 5.41) is 36.5. The maximum Gasteiger partial charge on any atom is 0.336 e. The molecule has 10 nitrogen and oxygen atoms in total. The summed E-state index contributed by atoms with van der Waals surface area (Å²) < 4.78 is 20.9. The van der Waals surface area contributed by atoms with Crippen LogP contribution in [0, 0.1) is 0 Å². The number of benzene rings is 1. The van der Waals surface area contributed by atoms with E-state index >= 15 is 0 Å². The van der Waals surface area contributed by atoms with Crippen molar-refractivity contribution in [3.8, 4) is 0 Å². The highest BCUT2D eigenvalue weighted by Crippen LogP contribution is 2.22. The molecule has 0 saturated carbocycles. The van der Waals surface area contributed by atoms with Gasteiger partial charge in [-0.2, -0.15) is 0 Å².